The average molecular weight is 258 g/mol. The highest BCUT2D eigenvalue weighted by Crippen LogP contribution is 2.18. The van der Waals surface area contributed by atoms with Gasteiger partial charge in [-0.25, -0.2) is 8.78 Å². The minimum absolute atomic E-state index is 0.125. The summed E-state index contributed by atoms with van der Waals surface area (Å²) in [7, 11) is 0. The highest BCUT2D eigenvalue weighted by Gasteiger charge is 2.24. The van der Waals surface area contributed by atoms with Crippen LogP contribution in [-0.2, 0) is 4.79 Å². The molecule has 0 spiro atoms. The van der Waals surface area contributed by atoms with Crippen LogP contribution in [-0.4, -0.2) is 18.1 Å². The summed E-state index contributed by atoms with van der Waals surface area (Å²) in [6.45, 7) is 1.64. The lowest BCUT2D eigenvalue weighted by atomic mass is 9.97. The fourth-order valence-electron chi connectivity index (χ4n) is 1.33. The van der Waals surface area contributed by atoms with E-state index < -0.39 is 23.1 Å². The van der Waals surface area contributed by atoms with Crippen LogP contribution in [0.4, 0.5) is 8.78 Å². The highest BCUT2D eigenvalue weighted by atomic mass is 19.1. The first-order valence-electron chi connectivity index (χ1n) is 5.49. The predicted octanol–water partition coefficient (Wildman–Crippen LogP) is 1.33. The molecule has 6 heteroatoms. The maximum Gasteiger partial charge on any atom is 0.237 e. The molecule has 1 amide bonds. The standard InChI is InChI=1S/C12H16F2N2O2/c1-12(16,11(15)17)5-2-6-18-10-7-8(13)3-4-9(10)14/h3-4,7H,2,5-6,16H2,1H3,(H2,15,17). The van der Waals surface area contributed by atoms with Crippen LogP contribution in [0.15, 0.2) is 18.2 Å². The summed E-state index contributed by atoms with van der Waals surface area (Å²) < 4.78 is 31.1. The summed E-state index contributed by atoms with van der Waals surface area (Å²) in [4.78, 5) is 10.9. The van der Waals surface area contributed by atoms with Gasteiger partial charge in [0.25, 0.3) is 0 Å². The summed E-state index contributed by atoms with van der Waals surface area (Å²) in [6.07, 6.45) is 0.713. The number of benzene rings is 1. The van der Waals surface area contributed by atoms with E-state index >= 15 is 0 Å². The number of ether oxygens (including phenoxy) is 1. The van der Waals surface area contributed by atoms with Gasteiger partial charge in [-0.15, -0.1) is 0 Å². The molecule has 0 aromatic heterocycles. The number of amides is 1. The number of rotatable bonds is 6. The van der Waals surface area contributed by atoms with Crippen LogP contribution in [0.1, 0.15) is 19.8 Å². The Morgan fingerprint density at radius 1 is 1.44 bits per heavy atom. The van der Waals surface area contributed by atoms with Gasteiger partial charge in [0.2, 0.25) is 5.91 Å². The van der Waals surface area contributed by atoms with Crippen LogP contribution in [0.2, 0.25) is 0 Å². The number of hydrogen-bond acceptors (Lipinski definition) is 3. The molecule has 0 aliphatic rings. The van der Waals surface area contributed by atoms with Crippen LogP contribution in [0.25, 0.3) is 0 Å². The minimum atomic E-state index is -1.12. The molecular formula is C12H16F2N2O2. The van der Waals surface area contributed by atoms with Crippen molar-refractivity contribution in [2.24, 2.45) is 11.5 Å². The van der Waals surface area contributed by atoms with Gasteiger partial charge in [-0.1, -0.05) is 0 Å². The molecule has 0 aliphatic carbocycles. The van der Waals surface area contributed by atoms with Crippen molar-refractivity contribution in [1.29, 1.82) is 0 Å². The van der Waals surface area contributed by atoms with Gasteiger partial charge in [0.1, 0.15) is 5.82 Å². The molecular weight excluding hydrogens is 242 g/mol. The summed E-state index contributed by atoms with van der Waals surface area (Å²) in [5.41, 5.74) is 9.60. The van der Waals surface area contributed by atoms with Crippen LogP contribution in [0, 0.1) is 11.6 Å². The number of primary amides is 1. The molecule has 18 heavy (non-hydrogen) atoms. The monoisotopic (exact) mass is 258 g/mol. The molecule has 4 nitrogen and oxygen atoms in total. The van der Waals surface area contributed by atoms with Crippen molar-refractivity contribution < 1.29 is 18.3 Å². The van der Waals surface area contributed by atoms with E-state index in [0.717, 1.165) is 18.2 Å². The third-order valence-corrected chi connectivity index (χ3v) is 2.55. The van der Waals surface area contributed by atoms with Gasteiger partial charge < -0.3 is 16.2 Å². The van der Waals surface area contributed by atoms with Crippen molar-refractivity contribution in [2.45, 2.75) is 25.3 Å². The number of hydrogen-bond donors (Lipinski definition) is 2. The van der Waals surface area contributed by atoms with E-state index in [-0.39, 0.29) is 12.4 Å². The second-order valence-corrected chi connectivity index (χ2v) is 4.31. The molecule has 0 fully saturated rings. The summed E-state index contributed by atoms with van der Waals surface area (Å²) in [5.74, 6) is -1.98. The van der Waals surface area contributed by atoms with Crippen LogP contribution in [0.5, 0.6) is 5.75 Å². The molecule has 1 rings (SSSR count). The molecule has 1 aromatic rings. The molecule has 0 saturated carbocycles. The lowest BCUT2D eigenvalue weighted by Gasteiger charge is -2.20. The zero-order chi connectivity index (χ0) is 13.8. The maximum atomic E-state index is 13.2. The first kappa shape index (κ1) is 14.4. The zero-order valence-corrected chi connectivity index (χ0v) is 10.1. The molecule has 1 aromatic carbocycles. The van der Waals surface area contributed by atoms with E-state index in [1.165, 1.54) is 6.92 Å². The summed E-state index contributed by atoms with van der Waals surface area (Å²) in [5, 5.41) is 0. The van der Waals surface area contributed by atoms with Gasteiger partial charge >= 0.3 is 0 Å². The molecule has 1 atom stereocenters. The topological polar surface area (TPSA) is 78.3 Å². The quantitative estimate of drug-likeness (QED) is 0.755. The molecule has 1 unspecified atom stereocenters. The Morgan fingerprint density at radius 3 is 2.72 bits per heavy atom. The van der Waals surface area contributed by atoms with Crippen LogP contribution < -0.4 is 16.2 Å². The van der Waals surface area contributed by atoms with Gasteiger partial charge in [-0.3, -0.25) is 4.79 Å². The smallest absolute Gasteiger partial charge is 0.237 e. The summed E-state index contributed by atoms with van der Waals surface area (Å²) >= 11 is 0. The Bertz CT molecular complexity index is 436. The first-order chi connectivity index (χ1) is 8.33. The van der Waals surface area contributed by atoms with Crippen molar-refractivity contribution in [1.82, 2.24) is 0 Å². The minimum Gasteiger partial charge on any atom is -0.490 e. The van der Waals surface area contributed by atoms with E-state index in [1.54, 1.807) is 0 Å². The molecule has 0 heterocycles. The van der Waals surface area contributed by atoms with Crippen LogP contribution in [0.3, 0.4) is 0 Å². The Kier molecular flexibility index (Phi) is 4.61. The molecule has 4 N–H and O–H groups in total. The van der Waals surface area contributed by atoms with E-state index in [2.05, 4.69) is 0 Å². The Hall–Kier alpha value is -1.69. The fraction of sp³-hybridized carbons (Fsp3) is 0.417. The second-order valence-electron chi connectivity index (χ2n) is 4.31. The van der Waals surface area contributed by atoms with Crippen molar-refractivity contribution in [3.63, 3.8) is 0 Å². The van der Waals surface area contributed by atoms with Crippen molar-refractivity contribution in [3.8, 4) is 5.75 Å². The van der Waals surface area contributed by atoms with Gasteiger partial charge in [-0.2, -0.15) is 0 Å². The normalized spacial score (nSPS) is 14.0. The molecule has 0 saturated heterocycles. The SMILES string of the molecule is CC(N)(CCCOc1cc(F)ccc1F)C(N)=O. The fourth-order valence-corrected chi connectivity index (χ4v) is 1.33. The largest absolute Gasteiger partial charge is 0.490 e. The van der Waals surface area contributed by atoms with Crippen molar-refractivity contribution in [3.05, 3.63) is 29.8 Å². The Balaban J connectivity index is 2.43. The lowest BCUT2D eigenvalue weighted by Crippen LogP contribution is -2.49. The van der Waals surface area contributed by atoms with E-state index in [9.17, 15) is 13.6 Å². The molecule has 0 radical (unpaired) electrons. The first-order valence-corrected chi connectivity index (χ1v) is 5.49. The maximum absolute atomic E-state index is 13.2. The average Bonchev–Trinajstić information content (AvgIpc) is 2.28. The number of halogens is 2. The second kappa shape index (κ2) is 5.77. The Morgan fingerprint density at radius 2 is 2.11 bits per heavy atom. The third-order valence-electron chi connectivity index (χ3n) is 2.55. The number of carbonyl (C=O) groups is 1. The van der Waals surface area contributed by atoms with Gasteiger partial charge in [-0.05, 0) is 31.9 Å². The van der Waals surface area contributed by atoms with E-state index in [1.807, 2.05) is 0 Å². The Labute approximate surface area is 104 Å². The van der Waals surface area contributed by atoms with Gasteiger partial charge in [0.05, 0.1) is 12.1 Å². The molecule has 100 valence electrons. The van der Waals surface area contributed by atoms with Crippen molar-refractivity contribution in [2.75, 3.05) is 6.61 Å². The number of nitrogens with two attached hydrogens (primary N) is 2. The lowest BCUT2D eigenvalue weighted by molar-refractivity contribution is -0.122. The highest BCUT2D eigenvalue weighted by molar-refractivity contribution is 5.83. The predicted molar refractivity (Wildman–Crippen MR) is 62.9 cm³/mol. The summed E-state index contributed by atoms with van der Waals surface area (Å²) in [6, 6.07) is 2.96. The molecule has 0 aliphatic heterocycles. The van der Waals surface area contributed by atoms with Crippen LogP contribution >= 0.6 is 0 Å². The zero-order valence-electron chi connectivity index (χ0n) is 10.1. The van der Waals surface area contributed by atoms with E-state index in [4.69, 9.17) is 16.2 Å². The van der Waals surface area contributed by atoms with Gasteiger partial charge in [0.15, 0.2) is 11.6 Å². The van der Waals surface area contributed by atoms with Crippen molar-refractivity contribution >= 4 is 5.91 Å². The molecule has 0 bridgehead atoms. The van der Waals surface area contributed by atoms with E-state index in [0.29, 0.717) is 12.8 Å². The number of carbonyl (C=O) groups excluding carboxylic acids is 1. The van der Waals surface area contributed by atoms with Gasteiger partial charge in [0, 0.05) is 6.07 Å². The third kappa shape index (κ3) is 3.96.